The quantitative estimate of drug-likeness (QED) is 0.531. The molecule has 34 heavy (non-hydrogen) atoms. The van der Waals surface area contributed by atoms with Gasteiger partial charge in [0, 0.05) is 19.6 Å². The number of amides is 1. The normalized spacial score (nSPS) is 18.6. The van der Waals surface area contributed by atoms with E-state index in [-0.39, 0.29) is 11.6 Å². The van der Waals surface area contributed by atoms with Crippen molar-refractivity contribution in [1.29, 1.82) is 0 Å². The molecule has 2 aliphatic heterocycles. The second kappa shape index (κ2) is 8.13. The van der Waals surface area contributed by atoms with Crippen molar-refractivity contribution in [2.45, 2.75) is 38.4 Å². The lowest BCUT2D eigenvalue weighted by molar-refractivity contribution is -0.141. The van der Waals surface area contributed by atoms with E-state index in [2.05, 4.69) is 20.1 Å². The van der Waals surface area contributed by atoms with Gasteiger partial charge in [0.2, 0.25) is 5.91 Å². The highest BCUT2D eigenvalue weighted by molar-refractivity contribution is 5.99. The van der Waals surface area contributed by atoms with Crippen LogP contribution in [0.4, 0.5) is 33.5 Å². The first-order valence-corrected chi connectivity index (χ1v) is 10.7. The number of pyridine rings is 1. The summed E-state index contributed by atoms with van der Waals surface area (Å²) in [6.07, 6.45) is -1.43. The van der Waals surface area contributed by atoms with Crippen LogP contribution in [0.5, 0.6) is 0 Å². The average molecular weight is 481 g/mol. The Balaban J connectivity index is 1.30. The van der Waals surface area contributed by atoms with Crippen molar-refractivity contribution >= 4 is 28.6 Å². The fourth-order valence-electron chi connectivity index (χ4n) is 4.67. The minimum atomic E-state index is -4.49. The number of piperidine rings is 1. The number of anilines is 2. The van der Waals surface area contributed by atoms with Crippen LogP contribution >= 0.6 is 0 Å². The second-order valence-electron chi connectivity index (χ2n) is 8.53. The Kier molecular flexibility index (Phi) is 5.36. The average Bonchev–Trinajstić information content (AvgIpc) is 3.34. The second-order valence-corrected chi connectivity index (χ2v) is 8.53. The molecular formula is C21H20F5N7O. The molecule has 2 saturated heterocycles. The molecule has 5 rings (SSSR count). The molecule has 0 aromatic carbocycles. The molecule has 0 unspecified atom stereocenters. The highest BCUT2D eigenvalue weighted by atomic mass is 19.4. The van der Waals surface area contributed by atoms with Crippen LogP contribution < -0.4 is 9.80 Å². The van der Waals surface area contributed by atoms with Gasteiger partial charge in [-0.3, -0.25) is 9.69 Å². The molecule has 1 amide bonds. The Morgan fingerprint density at radius 3 is 2.38 bits per heavy atom. The largest absolute Gasteiger partial charge is 0.433 e. The van der Waals surface area contributed by atoms with Gasteiger partial charge in [0.1, 0.15) is 17.8 Å². The summed E-state index contributed by atoms with van der Waals surface area (Å²) in [5, 5.41) is 3.90. The number of alkyl halides is 5. The number of hydrogen-bond donors (Lipinski definition) is 0. The maximum absolute atomic E-state index is 13.4. The van der Waals surface area contributed by atoms with E-state index in [0.717, 1.165) is 10.7 Å². The van der Waals surface area contributed by atoms with Gasteiger partial charge >= 0.3 is 6.18 Å². The summed E-state index contributed by atoms with van der Waals surface area (Å²) in [5.74, 6) is 0.186. The molecule has 1 spiro atoms. The standard InChI is InChI=1S/C21H20F5N7O/c22-16(23)12-33-18-14(10-29-33)27-11-17(30-18)32-8-5-20(19(32)34)3-6-31(7-4-20)13-1-2-15(28-9-13)21(24,25)26/h1-2,9-11,16H,3-8,12H2. The van der Waals surface area contributed by atoms with Crippen molar-refractivity contribution in [3.8, 4) is 0 Å². The van der Waals surface area contributed by atoms with Crippen LogP contribution in [0.3, 0.4) is 0 Å². The molecule has 5 heterocycles. The summed E-state index contributed by atoms with van der Waals surface area (Å²) in [6.45, 7) is 0.801. The van der Waals surface area contributed by atoms with E-state index < -0.39 is 30.3 Å². The fraction of sp³-hybridized carbons (Fsp3) is 0.476. The van der Waals surface area contributed by atoms with E-state index in [0.29, 0.717) is 55.9 Å². The smallest absolute Gasteiger partial charge is 0.370 e. The van der Waals surface area contributed by atoms with E-state index in [1.54, 1.807) is 0 Å². The van der Waals surface area contributed by atoms with E-state index in [1.807, 2.05) is 4.90 Å². The molecule has 2 aliphatic rings. The van der Waals surface area contributed by atoms with Crippen LogP contribution in [0.1, 0.15) is 25.0 Å². The van der Waals surface area contributed by atoms with Crippen molar-refractivity contribution in [2.75, 3.05) is 29.4 Å². The third kappa shape index (κ3) is 3.92. The van der Waals surface area contributed by atoms with Crippen LogP contribution in [0.25, 0.3) is 11.2 Å². The van der Waals surface area contributed by atoms with Gasteiger partial charge in [0.05, 0.1) is 29.7 Å². The van der Waals surface area contributed by atoms with Crippen LogP contribution in [0, 0.1) is 5.41 Å². The van der Waals surface area contributed by atoms with Crippen molar-refractivity contribution < 1.29 is 26.7 Å². The molecule has 0 bridgehead atoms. The van der Waals surface area contributed by atoms with Crippen LogP contribution in [0.2, 0.25) is 0 Å². The lowest BCUT2D eigenvalue weighted by Crippen LogP contribution is -2.45. The van der Waals surface area contributed by atoms with Crippen LogP contribution in [-0.2, 0) is 17.5 Å². The summed E-state index contributed by atoms with van der Waals surface area (Å²) in [4.78, 5) is 28.9. The zero-order valence-electron chi connectivity index (χ0n) is 17.8. The summed E-state index contributed by atoms with van der Waals surface area (Å²) in [6, 6.07) is 2.35. The Bertz CT molecular complexity index is 1200. The lowest BCUT2D eigenvalue weighted by Gasteiger charge is -2.38. The molecule has 3 aromatic rings. The van der Waals surface area contributed by atoms with Crippen molar-refractivity contribution in [1.82, 2.24) is 24.7 Å². The van der Waals surface area contributed by atoms with Crippen molar-refractivity contribution in [3.63, 3.8) is 0 Å². The predicted octanol–water partition coefficient (Wildman–Crippen LogP) is 3.53. The third-order valence-corrected chi connectivity index (χ3v) is 6.56. The Hall–Kier alpha value is -3.38. The summed E-state index contributed by atoms with van der Waals surface area (Å²) in [7, 11) is 0. The number of rotatable bonds is 4. The molecule has 13 heteroatoms. The van der Waals surface area contributed by atoms with Gasteiger partial charge in [-0.1, -0.05) is 0 Å². The number of carbonyl (C=O) groups is 1. The van der Waals surface area contributed by atoms with E-state index in [9.17, 15) is 26.7 Å². The first-order valence-electron chi connectivity index (χ1n) is 10.7. The molecule has 2 fully saturated rings. The van der Waals surface area contributed by atoms with Gasteiger partial charge < -0.3 is 4.90 Å². The number of nitrogens with zero attached hydrogens (tertiary/aromatic N) is 7. The van der Waals surface area contributed by atoms with E-state index in [1.165, 1.54) is 29.6 Å². The predicted molar refractivity (Wildman–Crippen MR) is 111 cm³/mol. The molecular weight excluding hydrogens is 461 g/mol. The van der Waals surface area contributed by atoms with Crippen LogP contribution in [0.15, 0.2) is 30.7 Å². The highest BCUT2D eigenvalue weighted by Crippen LogP contribution is 2.43. The Morgan fingerprint density at radius 2 is 1.74 bits per heavy atom. The first-order chi connectivity index (χ1) is 16.2. The van der Waals surface area contributed by atoms with Gasteiger partial charge in [-0.2, -0.15) is 18.3 Å². The minimum Gasteiger partial charge on any atom is -0.370 e. The number of aromatic nitrogens is 5. The molecule has 0 saturated carbocycles. The SMILES string of the molecule is O=C1N(c2cnc3cnn(CC(F)F)c3n2)CCC12CCN(c1ccc(C(F)(F)F)nc1)CC2. The molecule has 3 aromatic heterocycles. The van der Waals surface area contributed by atoms with E-state index in [4.69, 9.17) is 0 Å². The molecule has 0 N–H and O–H groups in total. The van der Waals surface area contributed by atoms with Gasteiger partial charge in [0.15, 0.2) is 11.5 Å². The number of carbonyl (C=O) groups excluding carboxylic acids is 1. The van der Waals surface area contributed by atoms with Gasteiger partial charge in [-0.05, 0) is 31.4 Å². The highest BCUT2D eigenvalue weighted by Gasteiger charge is 2.49. The molecule has 8 nitrogen and oxygen atoms in total. The van der Waals surface area contributed by atoms with Gasteiger partial charge in [-0.15, -0.1) is 0 Å². The molecule has 0 aliphatic carbocycles. The topological polar surface area (TPSA) is 80.0 Å². The van der Waals surface area contributed by atoms with Crippen LogP contribution in [-0.4, -0.2) is 56.7 Å². The lowest BCUT2D eigenvalue weighted by atomic mass is 9.77. The first kappa shape index (κ1) is 22.4. The zero-order chi connectivity index (χ0) is 24.1. The Labute approximate surface area is 190 Å². The zero-order valence-corrected chi connectivity index (χ0v) is 17.8. The molecule has 0 radical (unpaired) electrons. The third-order valence-electron chi connectivity index (χ3n) is 6.56. The minimum absolute atomic E-state index is 0.105. The van der Waals surface area contributed by atoms with E-state index >= 15 is 0 Å². The van der Waals surface area contributed by atoms with Crippen molar-refractivity contribution in [3.05, 3.63) is 36.4 Å². The number of halogens is 5. The summed E-state index contributed by atoms with van der Waals surface area (Å²) < 4.78 is 65.0. The Morgan fingerprint density at radius 1 is 1.00 bits per heavy atom. The fourth-order valence-corrected chi connectivity index (χ4v) is 4.67. The number of fused-ring (bicyclic) bond motifs is 1. The summed E-state index contributed by atoms with van der Waals surface area (Å²) in [5.41, 5.74) is -0.413. The maximum atomic E-state index is 13.4. The van der Waals surface area contributed by atoms with Gasteiger partial charge in [0.25, 0.3) is 6.43 Å². The maximum Gasteiger partial charge on any atom is 0.433 e. The number of hydrogen-bond acceptors (Lipinski definition) is 6. The summed E-state index contributed by atoms with van der Waals surface area (Å²) >= 11 is 0. The molecule has 0 atom stereocenters. The van der Waals surface area contributed by atoms with Gasteiger partial charge in [-0.25, -0.2) is 28.4 Å². The van der Waals surface area contributed by atoms with Crippen molar-refractivity contribution in [2.24, 2.45) is 5.41 Å². The monoisotopic (exact) mass is 481 g/mol. The molecule has 180 valence electrons.